The first kappa shape index (κ1) is 28.7. The zero-order valence-electron chi connectivity index (χ0n) is 19.7. The predicted molar refractivity (Wildman–Crippen MR) is 117 cm³/mol. The Labute approximate surface area is 200 Å². The maximum atomic E-state index is 6.60. The molecule has 2 aliphatic rings. The topological polar surface area (TPSA) is 9.23 Å². The molecule has 0 heterocycles. The Hall–Kier alpha value is 0.657. The molecule has 2 aliphatic carbocycles. The Morgan fingerprint density at radius 2 is 1.57 bits per heavy atom. The molecule has 0 saturated heterocycles. The third-order valence-electron chi connectivity index (χ3n) is 6.02. The molecule has 28 heavy (non-hydrogen) atoms. The van der Waals surface area contributed by atoms with Crippen LogP contribution in [0.1, 0.15) is 54.4 Å². The maximum Gasteiger partial charge on any atom is -1.00 e. The second kappa shape index (κ2) is 10.3. The summed E-state index contributed by atoms with van der Waals surface area (Å²) >= 11 is -0.770. The molecule has 0 radical (unpaired) electrons. The van der Waals surface area contributed by atoms with E-state index in [9.17, 15) is 0 Å². The average Bonchev–Trinajstić information content (AvgIpc) is 2.90. The Morgan fingerprint density at radius 3 is 1.93 bits per heavy atom. The van der Waals surface area contributed by atoms with Gasteiger partial charge in [-0.15, -0.1) is 0 Å². The van der Waals surface area contributed by atoms with Crippen molar-refractivity contribution in [3.63, 3.8) is 0 Å². The molecule has 0 aliphatic heterocycles. The molecule has 0 aromatic rings. The van der Waals surface area contributed by atoms with Gasteiger partial charge in [-0.1, -0.05) is 0 Å². The number of hydrogen-bond donors (Lipinski definition) is 0. The van der Waals surface area contributed by atoms with Crippen molar-refractivity contribution in [1.82, 2.24) is 0 Å². The Bertz CT molecular complexity index is 738. The van der Waals surface area contributed by atoms with Gasteiger partial charge in [-0.3, -0.25) is 0 Å². The van der Waals surface area contributed by atoms with E-state index in [0.717, 1.165) is 12.8 Å². The fourth-order valence-electron chi connectivity index (χ4n) is 4.35. The molecule has 1 nitrogen and oxygen atoms in total. The number of allylic oxidation sites excluding steroid dienone is 7. The van der Waals surface area contributed by atoms with Crippen LogP contribution in [0.2, 0.25) is 32.7 Å². The smallest absolute Gasteiger partial charge is 1.00 e. The number of hydrogen-bond acceptors (Lipinski definition) is 1. The van der Waals surface area contributed by atoms with Gasteiger partial charge in [0.15, 0.2) is 0 Å². The number of halogens is 2. The summed E-state index contributed by atoms with van der Waals surface area (Å²) in [5.74, 6) is 1.36. The normalized spacial score (nSPS) is 19.3. The first-order chi connectivity index (χ1) is 11.8. The van der Waals surface area contributed by atoms with E-state index in [1.54, 1.807) is 27.5 Å². The predicted octanol–water partition coefficient (Wildman–Crippen LogP) is 0.926. The van der Waals surface area contributed by atoms with Crippen LogP contribution in [0.3, 0.4) is 0 Å². The first-order valence-electron chi connectivity index (χ1n) is 10.1. The largest absolute Gasteiger partial charge is 1.00 e. The molecule has 6 heteroatoms. The summed E-state index contributed by atoms with van der Waals surface area (Å²) < 4.78 is 10.2. The third-order valence-corrected chi connectivity index (χ3v) is 14.4. The van der Waals surface area contributed by atoms with Gasteiger partial charge in [0.1, 0.15) is 0 Å². The maximum absolute atomic E-state index is 6.60. The van der Waals surface area contributed by atoms with Gasteiger partial charge in [-0.2, -0.15) is 0 Å². The summed E-state index contributed by atoms with van der Waals surface area (Å²) in [6.45, 7) is 26.3. The number of rotatable bonds is 6. The van der Waals surface area contributed by atoms with Crippen LogP contribution in [0.5, 0.6) is 0 Å². The van der Waals surface area contributed by atoms with Crippen molar-refractivity contribution in [1.29, 1.82) is 0 Å². The van der Waals surface area contributed by atoms with E-state index >= 15 is 0 Å². The molecular formula is C22H38Cl2OSi2Zr. The molecule has 0 fully saturated rings. The van der Waals surface area contributed by atoms with E-state index in [1.165, 1.54) is 5.76 Å². The van der Waals surface area contributed by atoms with Crippen molar-refractivity contribution in [2.24, 2.45) is 5.41 Å². The molecule has 2 rings (SSSR count). The van der Waals surface area contributed by atoms with Gasteiger partial charge in [0.05, 0.1) is 0 Å². The fraction of sp³-hybridized carbons (Fsp3) is 0.636. The van der Waals surface area contributed by atoms with E-state index in [0.29, 0.717) is 0 Å². The minimum absolute atomic E-state index is 0. The van der Waals surface area contributed by atoms with Crippen LogP contribution in [0, 0.1) is 5.41 Å². The van der Waals surface area contributed by atoms with Gasteiger partial charge < -0.3 is 24.8 Å². The monoisotopic (exact) mass is 534 g/mol. The van der Waals surface area contributed by atoms with Gasteiger partial charge in [-0.25, -0.2) is 0 Å². The fourth-order valence-corrected chi connectivity index (χ4v) is 13.9. The molecule has 0 unspecified atom stereocenters. The SMILES string of the molecule is CCC1=C(O[Si](C)(C)C)C[C]([Zr+2][C]2=C(C)C(C)=C(C)C2(C)C)=C1[SiH](C)C.[Cl-].[Cl-]. The first-order valence-corrected chi connectivity index (χ1v) is 18.9. The molecule has 0 aromatic heterocycles. The molecule has 0 amide bonds. The molecule has 0 spiro atoms. The molecule has 0 saturated carbocycles. The van der Waals surface area contributed by atoms with E-state index in [-0.39, 0.29) is 30.2 Å². The minimum Gasteiger partial charge on any atom is -1.00 e. The van der Waals surface area contributed by atoms with Crippen LogP contribution in [-0.2, 0) is 27.7 Å². The van der Waals surface area contributed by atoms with Crippen molar-refractivity contribution in [3.05, 3.63) is 39.8 Å². The zero-order chi connectivity index (χ0) is 20.0. The summed E-state index contributed by atoms with van der Waals surface area (Å²) in [5.41, 5.74) is 6.62. The third kappa shape index (κ3) is 5.66. The van der Waals surface area contributed by atoms with Gasteiger partial charge in [0.25, 0.3) is 0 Å². The standard InChI is InChI=1S/C12H23OSi2.C10H15.2ClH.Zr/c1-7-10-11(13-15(4,5)6)8-9-12(10)14(2)3;1-7-6-10(4,5)9(3)8(7)2;;;/h14H,7-8H2,1-6H3;1-5H3;2*1H;/q;;;;+2/p-2. The van der Waals surface area contributed by atoms with Crippen molar-refractivity contribution >= 4 is 17.1 Å². The van der Waals surface area contributed by atoms with Crippen LogP contribution in [-0.4, -0.2) is 17.1 Å². The van der Waals surface area contributed by atoms with Gasteiger partial charge in [0.2, 0.25) is 0 Å². The second-order valence-corrected chi connectivity index (χ2v) is 20.3. The van der Waals surface area contributed by atoms with Crippen molar-refractivity contribution in [2.45, 2.75) is 87.1 Å². The quantitative estimate of drug-likeness (QED) is 0.459. The van der Waals surface area contributed by atoms with E-state index in [4.69, 9.17) is 4.43 Å². The van der Waals surface area contributed by atoms with Crippen LogP contribution < -0.4 is 24.8 Å². The molecule has 0 atom stereocenters. The summed E-state index contributed by atoms with van der Waals surface area (Å²) in [6.07, 6.45) is 2.27. The summed E-state index contributed by atoms with van der Waals surface area (Å²) in [7, 11) is -2.41. The second-order valence-electron chi connectivity index (χ2n) is 9.69. The van der Waals surface area contributed by atoms with Gasteiger partial charge in [0, 0.05) is 0 Å². The van der Waals surface area contributed by atoms with Crippen molar-refractivity contribution in [3.8, 4) is 0 Å². The van der Waals surface area contributed by atoms with E-state index in [1.807, 2.05) is 6.56 Å². The van der Waals surface area contributed by atoms with Gasteiger partial charge in [-0.05, 0) is 0 Å². The van der Waals surface area contributed by atoms with E-state index < -0.39 is 40.3 Å². The summed E-state index contributed by atoms with van der Waals surface area (Å²) in [5, 5.41) is 1.80. The summed E-state index contributed by atoms with van der Waals surface area (Å²) in [4.78, 5) is 0. The molecule has 158 valence electrons. The molecule has 0 aromatic carbocycles. The Kier molecular flexibility index (Phi) is 10.6. The van der Waals surface area contributed by atoms with Crippen LogP contribution in [0.15, 0.2) is 39.8 Å². The zero-order valence-corrected chi connectivity index (χ0v) is 25.8. The van der Waals surface area contributed by atoms with Crippen LogP contribution in [0.25, 0.3) is 0 Å². The summed E-state index contributed by atoms with van der Waals surface area (Å²) in [6, 6.07) is 0. The van der Waals surface area contributed by atoms with E-state index in [2.05, 4.69) is 74.3 Å². The Balaban J connectivity index is 0.00000364. The Morgan fingerprint density at radius 1 is 1.04 bits per heavy atom. The van der Waals surface area contributed by atoms with Gasteiger partial charge >= 0.3 is 177 Å². The molecule has 0 N–H and O–H groups in total. The van der Waals surface area contributed by atoms with Crippen LogP contribution >= 0.6 is 0 Å². The van der Waals surface area contributed by atoms with Crippen molar-refractivity contribution < 1.29 is 52.5 Å². The minimum atomic E-state index is -1.55. The average molecular weight is 537 g/mol. The molecular weight excluding hydrogens is 499 g/mol. The van der Waals surface area contributed by atoms with Crippen molar-refractivity contribution in [2.75, 3.05) is 0 Å². The molecule has 0 bridgehead atoms. The van der Waals surface area contributed by atoms with Crippen LogP contribution in [0.4, 0.5) is 0 Å².